The van der Waals surface area contributed by atoms with Gasteiger partial charge in [-0.25, -0.2) is 23.5 Å². The fourth-order valence-electron chi connectivity index (χ4n) is 5.55. The highest BCUT2D eigenvalue weighted by Crippen LogP contribution is 2.31. The lowest BCUT2D eigenvalue weighted by Gasteiger charge is -2.19. The third-order valence-electron chi connectivity index (χ3n) is 7.87. The van der Waals surface area contributed by atoms with Gasteiger partial charge in [0, 0.05) is 64.1 Å². The Bertz CT molecular complexity index is 1820. The summed E-state index contributed by atoms with van der Waals surface area (Å²) in [5.41, 5.74) is -3.52. The molecular weight excluding hydrogens is 700 g/mol. The molecule has 0 spiro atoms. The first-order valence-corrected chi connectivity index (χ1v) is 15.8. The summed E-state index contributed by atoms with van der Waals surface area (Å²) < 4.78 is 45.3. The second-order valence-electron chi connectivity index (χ2n) is 11.9. The summed E-state index contributed by atoms with van der Waals surface area (Å²) >= 11 is 0. The topological polar surface area (TPSA) is 247 Å². The lowest BCUT2D eigenvalue weighted by molar-refractivity contribution is -0.157. The van der Waals surface area contributed by atoms with Gasteiger partial charge in [-0.1, -0.05) is 0 Å². The number of hydrogen-bond donors (Lipinski definition) is 0. The van der Waals surface area contributed by atoms with Gasteiger partial charge in [-0.05, 0) is 13.8 Å². The van der Waals surface area contributed by atoms with E-state index in [9.17, 15) is 43.2 Å². The molecule has 0 saturated carbocycles. The van der Waals surface area contributed by atoms with Crippen molar-refractivity contribution in [1.29, 1.82) is 0 Å². The molecule has 4 rings (SSSR count). The Kier molecular flexibility index (Phi) is 12.5. The van der Waals surface area contributed by atoms with Gasteiger partial charge in [-0.2, -0.15) is 0 Å². The molecule has 2 aliphatic rings. The van der Waals surface area contributed by atoms with Crippen LogP contribution < -0.4 is 22.5 Å². The van der Waals surface area contributed by atoms with Gasteiger partial charge in [-0.3, -0.25) is 37.9 Å². The fraction of sp³-hybridized carbons (Fsp3) is 0.581. The van der Waals surface area contributed by atoms with E-state index >= 15 is 0 Å². The summed E-state index contributed by atoms with van der Waals surface area (Å²) in [5, 5.41) is 0. The van der Waals surface area contributed by atoms with Crippen LogP contribution in [0.5, 0.6) is 0 Å². The highest BCUT2D eigenvalue weighted by molar-refractivity contribution is 5.67. The number of ether oxygens (including phenoxy) is 8. The number of carbonyl (C=O) groups excluding carboxylic acids is 5. The van der Waals surface area contributed by atoms with Crippen LogP contribution in [-0.4, -0.2) is 85.9 Å². The summed E-state index contributed by atoms with van der Waals surface area (Å²) in [7, 11) is 0. The number of aryl methyl sites for hydroxylation is 2. The highest BCUT2D eigenvalue weighted by Gasteiger charge is 2.41. The first-order chi connectivity index (χ1) is 24.5. The summed E-state index contributed by atoms with van der Waals surface area (Å²) in [4.78, 5) is 111. The van der Waals surface area contributed by atoms with Crippen molar-refractivity contribution in [3.63, 3.8) is 0 Å². The number of hydrogen-bond acceptors (Lipinski definition) is 17. The molecule has 284 valence electrons. The van der Waals surface area contributed by atoms with Crippen molar-refractivity contribution in [3.05, 3.63) is 65.2 Å². The van der Waals surface area contributed by atoms with Crippen LogP contribution in [0.1, 0.15) is 64.1 Å². The molecular formula is C31H38N4O17. The zero-order valence-electron chi connectivity index (χ0n) is 29.1. The average Bonchev–Trinajstić information content (AvgIpc) is 3.64. The van der Waals surface area contributed by atoms with Crippen molar-refractivity contribution in [2.24, 2.45) is 0 Å². The van der Waals surface area contributed by atoms with Crippen molar-refractivity contribution in [2.75, 3.05) is 13.2 Å². The number of carbonyl (C=O) groups is 5. The summed E-state index contributed by atoms with van der Waals surface area (Å²) in [5.74, 6) is -2.50. The van der Waals surface area contributed by atoms with Crippen LogP contribution >= 0.6 is 0 Å². The number of esters is 4. The van der Waals surface area contributed by atoms with Crippen molar-refractivity contribution in [1.82, 2.24) is 18.3 Å². The van der Waals surface area contributed by atoms with Crippen LogP contribution in [0.3, 0.4) is 0 Å². The Hall–Kier alpha value is -5.57. The molecule has 2 saturated heterocycles. The van der Waals surface area contributed by atoms with E-state index in [1.54, 1.807) is 0 Å². The molecule has 6 atom stereocenters. The van der Waals surface area contributed by atoms with E-state index < -0.39 is 103 Å². The number of nitrogens with zero attached hydrogens (tertiary/aromatic N) is 4. The Balaban J connectivity index is 1.48. The average molecular weight is 739 g/mol. The fourth-order valence-corrected chi connectivity index (χ4v) is 5.55. The third-order valence-corrected chi connectivity index (χ3v) is 7.87. The Morgan fingerprint density at radius 1 is 0.615 bits per heavy atom. The third kappa shape index (κ3) is 9.40. The highest BCUT2D eigenvalue weighted by atomic mass is 16.7. The van der Waals surface area contributed by atoms with E-state index in [1.165, 1.54) is 53.9 Å². The molecule has 2 aromatic heterocycles. The molecule has 0 aromatic carbocycles. The molecule has 0 unspecified atom stereocenters. The van der Waals surface area contributed by atoms with Crippen LogP contribution in [0.4, 0.5) is 4.79 Å². The zero-order chi connectivity index (χ0) is 38.4. The molecule has 2 fully saturated rings. The molecule has 0 amide bonds. The maximum absolute atomic E-state index is 13.4. The molecule has 2 aromatic rings. The largest absolute Gasteiger partial charge is 0.511 e. The molecule has 0 N–H and O–H groups in total. The maximum Gasteiger partial charge on any atom is 0.511 e. The lowest BCUT2D eigenvalue weighted by atomic mass is 10.2. The van der Waals surface area contributed by atoms with E-state index in [2.05, 4.69) is 0 Å². The van der Waals surface area contributed by atoms with Crippen LogP contribution in [0.25, 0.3) is 0 Å². The molecule has 0 aliphatic carbocycles. The van der Waals surface area contributed by atoms with Gasteiger partial charge >= 0.3 is 41.4 Å². The standard InChI is InChI=1S/C31H38N4O17/c1-15-9-32(25-7-21(49-19(5)38)23(51-25)11-45-17(3)36)29(42)34(27(15)40)13-47-31(44)48-14-35-28(41)16(2)10-33(30(35)43)26-8-22(50-20(6)39)24(52-26)12-46-18(4)37/h9-10,21-26H,7-8,11-14H2,1-6H3/t21-,22-,23+,24+,25+,26+/m0/s1. The normalized spacial score (nSPS) is 22.3. The van der Waals surface area contributed by atoms with Gasteiger partial charge in [-0.15, -0.1) is 0 Å². The first-order valence-electron chi connectivity index (χ1n) is 15.8. The molecule has 2 aliphatic heterocycles. The van der Waals surface area contributed by atoms with E-state index in [-0.39, 0.29) is 37.2 Å². The minimum atomic E-state index is -1.46. The SMILES string of the molecule is CC(=O)OC[C@H]1O[C@@H](n2cc(C)c(=O)n(COC(=O)OCn3c(=O)c(C)cn([C@H]4C[C@H](OC(C)=O)[C@@H](COC(C)=O)O4)c3=O)c2=O)C[C@@H]1OC(C)=O. The second kappa shape index (κ2) is 16.6. The Labute approximate surface area is 293 Å². The summed E-state index contributed by atoms with van der Waals surface area (Å²) in [6, 6.07) is 0. The molecule has 4 heterocycles. The van der Waals surface area contributed by atoms with E-state index in [0.717, 1.165) is 9.13 Å². The second-order valence-corrected chi connectivity index (χ2v) is 11.9. The lowest BCUT2D eigenvalue weighted by Crippen LogP contribution is -2.44. The van der Waals surface area contributed by atoms with Gasteiger partial charge in [0.25, 0.3) is 11.1 Å². The van der Waals surface area contributed by atoms with Crippen LogP contribution in [0, 0.1) is 13.8 Å². The minimum Gasteiger partial charge on any atom is -0.463 e. The summed E-state index contributed by atoms with van der Waals surface area (Å²) in [6.45, 7) is 5.03. The van der Waals surface area contributed by atoms with Gasteiger partial charge in [0.1, 0.15) is 50.1 Å². The van der Waals surface area contributed by atoms with Crippen molar-refractivity contribution >= 4 is 30.0 Å². The van der Waals surface area contributed by atoms with Crippen molar-refractivity contribution in [3.8, 4) is 0 Å². The van der Waals surface area contributed by atoms with Crippen LogP contribution in [0.2, 0.25) is 0 Å². The van der Waals surface area contributed by atoms with Crippen molar-refractivity contribution < 1.29 is 61.9 Å². The smallest absolute Gasteiger partial charge is 0.463 e. The van der Waals surface area contributed by atoms with Crippen LogP contribution in [-0.2, 0) is 70.5 Å². The molecule has 0 radical (unpaired) electrons. The molecule has 21 nitrogen and oxygen atoms in total. The van der Waals surface area contributed by atoms with Gasteiger partial charge in [0.15, 0.2) is 13.5 Å². The maximum atomic E-state index is 13.4. The molecule has 52 heavy (non-hydrogen) atoms. The number of rotatable bonds is 12. The summed E-state index contributed by atoms with van der Waals surface area (Å²) in [6.07, 6.45) is -4.92. The van der Waals surface area contributed by atoms with Gasteiger partial charge in [0.05, 0.1) is 0 Å². The van der Waals surface area contributed by atoms with E-state index in [0.29, 0.717) is 9.13 Å². The predicted molar refractivity (Wildman–Crippen MR) is 168 cm³/mol. The predicted octanol–water partition coefficient (Wildman–Crippen LogP) is -0.717. The molecule has 21 heteroatoms. The van der Waals surface area contributed by atoms with Gasteiger partial charge in [0.2, 0.25) is 0 Å². The van der Waals surface area contributed by atoms with Crippen LogP contribution in [0.15, 0.2) is 31.6 Å². The van der Waals surface area contributed by atoms with E-state index in [4.69, 9.17) is 37.9 Å². The monoisotopic (exact) mass is 738 g/mol. The minimum absolute atomic E-state index is 0.0414. The van der Waals surface area contributed by atoms with Gasteiger partial charge < -0.3 is 37.9 Å². The van der Waals surface area contributed by atoms with Crippen molar-refractivity contribution in [2.45, 2.75) is 105 Å². The Morgan fingerprint density at radius 3 is 1.31 bits per heavy atom. The quantitative estimate of drug-likeness (QED) is 0.193. The van der Waals surface area contributed by atoms with E-state index in [1.807, 2.05) is 0 Å². The first kappa shape index (κ1) is 39.2. The molecule has 0 bridgehead atoms. The Morgan fingerprint density at radius 2 is 0.981 bits per heavy atom. The zero-order valence-corrected chi connectivity index (χ0v) is 29.1. The number of aromatic nitrogens is 4.